The highest BCUT2D eigenvalue weighted by Gasteiger charge is 2.18. The van der Waals surface area contributed by atoms with Crippen LogP contribution in [0.1, 0.15) is 23.1 Å². The van der Waals surface area contributed by atoms with Gasteiger partial charge < -0.3 is 5.32 Å². The lowest BCUT2D eigenvalue weighted by atomic mass is 9.88. The molecule has 1 nitrogen and oxygen atoms in total. The molecular formula is C17H18IN. The van der Waals surface area contributed by atoms with Crippen molar-refractivity contribution in [2.45, 2.75) is 32.2 Å². The van der Waals surface area contributed by atoms with Gasteiger partial charge in [0, 0.05) is 15.3 Å². The molecule has 1 aliphatic rings. The Labute approximate surface area is 128 Å². The summed E-state index contributed by atoms with van der Waals surface area (Å²) in [6.07, 6.45) is 3.56. The molecule has 0 aromatic heterocycles. The smallest absolute Gasteiger partial charge is 0.0372 e. The van der Waals surface area contributed by atoms with Gasteiger partial charge in [0.1, 0.15) is 0 Å². The van der Waals surface area contributed by atoms with Crippen LogP contribution in [0.4, 0.5) is 5.69 Å². The fraction of sp³-hybridized carbons (Fsp3) is 0.294. The van der Waals surface area contributed by atoms with Crippen LogP contribution in [0.2, 0.25) is 0 Å². The molecule has 1 atom stereocenters. The minimum Gasteiger partial charge on any atom is -0.382 e. The molecule has 0 amide bonds. The lowest BCUT2D eigenvalue weighted by molar-refractivity contribution is 0.610. The molecule has 19 heavy (non-hydrogen) atoms. The molecule has 0 saturated carbocycles. The zero-order valence-electron chi connectivity index (χ0n) is 11.1. The molecule has 2 aromatic carbocycles. The van der Waals surface area contributed by atoms with Crippen LogP contribution in [0, 0.1) is 10.5 Å². The van der Waals surface area contributed by atoms with Crippen molar-refractivity contribution in [3.8, 4) is 0 Å². The van der Waals surface area contributed by atoms with Crippen molar-refractivity contribution in [1.82, 2.24) is 0 Å². The third-order valence-corrected chi connectivity index (χ3v) is 4.57. The Morgan fingerprint density at radius 3 is 2.68 bits per heavy atom. The molecule has 0 aliphatic heterocycles. The summed E-state index contributed by atoms with van der Waals surface area (Å²) in [5.74, 6) is 0. The zero-order valence-corrected chi connectivity index (χ0v) is 13.3. The van der Waals surface area contributed by atoms with Crippen molar-refractivity contribution < 1.29 is 0 Å². The predicted octanol–water partition coefficient (Wildman–Crippen LogP) is 4.57. The van der Waals surface area contributed by atoms with E-state index in [0.29, 0.717) is 6.04 Å². The van der Waals surface area contributed by atoms with Gasteiger partial charge in [-0.25, -0.2) is 0 Å². The van der Waals surface area contributed by atoms with Gasteiger partial charge in [-0.05, 0) is 83.7 Å². The number of fused-ring (bicyclic) bond motifs is 1. The minimum absolute atomic E-state index is 0.564. The van der Waals surface area contributed by atoms with E-state index in [0.717, 1.165) is 6.42 Å². The summed E-state index contributed by atoms with van der Waals surface area (Å²) in [5.41, 5.74) is 5.66. The second-order valence-electron chi connectivity index (χ2n) is 5.31. The Morgan fingerprint density at radius 1 is 1.11 bits per heavy atom. The van der Waals surface area contributed by atoms with Crippen LogP contribution in [0.3, 0.4) is 0 Å². The van der Waals surface area contributed by atoms with E-state index in [1.54, 1.807) is 0 Å². The van der Waals surface area contributed by atoms with Crippen molar-refractivity contribution in [1.29, 1.82) is 0 Å². The Kier molecular flexibility index (Phi) is 3.78. The average Bonchev–Trinajstić information content (AvgIpc) is 2.42. The monoisotopic (exact) mass is 363 g/mol. The van der Waals surface area contributed by atoms with Crippen molar-refractivity contribution in [3.63, 3.8) is 0 Å². The van der Waals surface area contributed by atoms with E-state index in [1.807, 2.05) is 0 Å². The molecule has 1 N–H and O–H groups in total. The van der Waals surface area contributed by atoms with Crippen LogP contribution < -0.4 is 5.32 Å². The van der Waals surface area contributed by atoms with Crippen LogP contribution in [0.15, 0.2) is 42.5 Å². The third kappa shape index (κ3) is 2.94. The number of hydrogen-bond acceptors (Lipinski definition) is 1. The summed E-state index contributed by atoms with van der Waals surface area (Å²) in [6.45, 7) is 2.18. The third-order valence-electron chi connectivity index (χ3n) is 3.89. The van der Waals surface area contributed by atoms with E-state index in [4.69, 9.17) is 0 Å². The maximum Gasteiger partial charge on any atom is 0.0372 e. The number of anilines is 1. The van der Waals surface area contributed by atoms with Gasteiger partial charge in [0.15, 0.2) is 0 Å². The molecule has 98 valence electrons. The highest BCUT2D eigenvalue weighted by atomic mass is 127. The summed E-state index contributed by atoms with van der Waals surface area (Å²) in [6, 6.07) is 16.0. The van der Waals surface area contributed by atoms with E-state index in [2.05, 4.69) is 77.3 Å². The topological polar surface area (TPSA) is 12.0 Å². The number of aryl methyl sites for hydroxylation is 2. The Balaban J connectivity index is 1.75. The molecule has 1 unspecified atom stereocenters. The molecule has 2 aromatic rings. The van der Waals surface area contributed by atoms with Crippen molar-refractivity contribution in [2.24, 2.45) is 0 Å². The van der Waals surface area contributed by atoms with Crippen LogP contribution in [0.25, 0.3) is 0 Å². The first-order valence-corrected chi connectivity index (χ1v) is 7.90. The summed E-state index contributed by atoms with van der Waals surface area (Å²) in [5, 5.41) is 3.71. The van der Waals surface area contributed by atoms with Gasteiger partial charge in [-0.15, -0.1) is 0 Å². The normalized spacial score (nSPS) is 17.9. The van der Waals surface area contributed by atoms with Gasteiger partial charge in [0.05, 0.1) is 0 Å². The van der Waals surface area contributed by atoms with Gasteiger partial charge >= 0.3 is 0 Å². The number of halogens is 1. The van der Waals surface area contributed by atoms with E-state index in [-0.39, 0.29) is 0 Å². The van der Waals surface area contributed by atoms with Gasteiger partial charge in [0.2, 0.25) is 0 Å². The molecule has 1 aliphatic carbocycles. The Morgan fingerprint density at radius 2 is 1.89 bits per heavy atom. The molecule has 0 radical (unpaired) electrons. The lowest BCUT2D eigenvalue weighted by Gasteiger charge is -2.27. The number of hydrogen-bond donors (Lipinski definition) is 1. The second kappa shape index (κ2) is 5.53. The fourth-order valence-electron chi connectivity index (χ4n) is 2.83. The first kappa shape index (κ1) is 13.0. The van der Waals surface area contributed by atoms with E-state index in [9.17, 15) is 0 Å². The minimum atomic E-state index is 0.564. The number of nitrogens with one attached hydrogen (secondary N) is 1. The standard InChI is InChI=1S/C17H18IN/c1-12-10-15(18)7-9-17(12)19-16-8-6-13-4-2-3-5-14(13)11-16/h2-5,7,9-10,16,19H,6,8,11H2,1H3. The first-order valence-electron chi connectivity index (χ1n) is 6.82. The van der Waals surface area contributed by atoms with E-state index >= 15 is 0 Å². The van der Waals surface area contributed by atoms with Crippen molar-refractivity contribution in [2.75, 3.05) is 5.32 Å². The molecule has 0 bridgehead atoms. The highest BCUT2D eigenvalue weighted by molar-refractivity contribution is 14.1. The van der Waals surface area contributed by atoms with Crippen LogP contribution >= 0.6 is 22.6 Å². The molecule has 0 heterocycles. The quantitative estimate of drug-likeness (QED) is 0.771. The molecular weight excluding hydrogens is 345 g/mol. The number of benzene rings is 2. The van der Waals surface area contributed by atoms with Gasteiger partial charge in [0.25, 0.3) is 0 Å². The van der Waals surface area contributed by atoms with Crippen LogP contribution in [-0.2, 0) is 12.8 Å². The highest BCUT2D eigenvalue weighted by Crippen LogP contribution is 2.25. The van der Waals surface area contributed by atoms with Gasteiger partial charge in [-0.2, -0.15) is 0 Å². The second-order valence-corrected chi connectivity index (χ2v) is 6.56. The molecule has 0 fully saturated rings. The number of rotatable bonds is 2. The largest absolute Gasteiger partial charge is 0.382 e. The van der Waals surface area contributed by atoms with Crippen molar-refractivity contribution in [3.05, 3.63) is 62.7 Å². The SMILES string of the molecule is Cc1cc(I)ccc1NC1CCc2ccccc2C1. The maximum atomic E-state index is 3.71. The average molecular weight is 363 g/mol. The van der Waals surface area contributed by atoms with E-state index in [1.165, 1.54) is 38.8 Å². The summed E-state index contributed by atoms with van der Waals surface area (Å²) >= 11 is 2.37. The summed E-state index contributed by atoms with van der Waals surface area (Å²) < 4.78 is 1.30. The van der Waals surface area contributed by atoms with E-state index < -0.39 is 0 Å². The molecule has 0 spiro atoms. The fourth-order valence-corrected chi connectivity index (χ4v) is 3.48. The Hall–Kier alpha value is -1.03. The first-order chi connectivity index (χ1) is 9.22. The molecule has 3 rings (SSSR count). The molecule has 0 saturated heterocycles. The Bertz CT molecular complexity index is 592. The van der Waals surface area contributed by atoms with Gasteiger partial charge in [-0.1, -0.05) is 24.3 Å². The maximum absolute atomic E-state index is 3.71. The zero-order chi connectivity index (χ0) is 13.2. The lowest BCUT2D eigenvalue weighted by Crippen LogP contribution is -2.27. The molecule has 2 heteroatoms. The van der Waals surface area contributed by atoms with Crippen LogP contribution in [0.5, 0.6) is 0 Å². The van der Waals surface area contributed by atoms with Crippen molar-refractivity contribution >= 4 is 28.3 Å². The summed E-state index contributed by atoms with van der Waals surface area (Å²) in [7, 11) is 0. The summed E-state index contributed by atoms with van der Waals surface area (Å²) in [4.78, 5) is 0. The predicted molar refractivity (Wildman–Crippen MR) is 89.8 cm³/mol. The van der Waals surface area contributed by atoms with Crippen LogP contribution in [-0.4, -0.2) is 6.04 Å². The van der Waals surface area contributed by atoms with Gasteiger partial charge in [-0.3, -0.25) is 0 Å².